The average Bonchev–Trinajstić information content (AvgIpc) is 3.56. The monoisotopic (exact) mass is 457 g/mol. The molecule has 3 N–H and O–H groups in total. The molecule has 4 heterocycles. The number of hydrogen-bond acceptors (Lipinski definition) is 8. The van der Waals surface area contributed by atoms with Crippen LogP contribution in [0.2, 0.25) is 5.28 Å². The number of halogens is 1. The van der Waals surface area contributed by atoms with Crippen molar-refractivity contribution >= 4 is 34.3 Å². The van der Waals surface area contributed by atoms with Crippen LogP contribution >= 0.6 is 11.6 Å². The number of fused-ring (bicyclic) bond motifs is 3. The zero-order valence-electron chi connectivity index (χ0n) is 17.3. The zero-order chi connectivity index (χ0) is 22.0. The van der Waals surface area contributed by atoms with Gasteiger partial charge in [-0.2, -0.15) is 9.97 Å². The summed E-state index contributed by atoms with van der Waals surface area (Å²) in [5.74, 6) is 0.613. The van der Waals surface area contributed by atoms with E-state index in [0.29, 0.717) is 17.0 Å². The highest BCUT2D eigenvalue weighted by Gasteiger charge is 2.47. The molecular weight excluding hydrogens is 434 g/mol. The van der Waals surface area contributed by atoms with Crippen molar-refractivity contribution in [2.75, 3.05) is 18.1 Å². The van der Waals surface area contributed by atoms with Crippen molar-refractivity contribution in [3.05, 3.63) is 41.4 Å². The van der Waals surface area contributed by atoms with Crippen LogP contribution < -0.4 is 4.90 Å². The Balaban J connectivity index is 1.47. The fourth-order valence-corrected chi connectivity index (χ4v) is 5.82. The van der Waals surface area contributed by atoms with E-state index in [-0.39, 0.29) is 10.7 Å². The van der Waals surface area contributed by atoms with E-state index in [1.54, 1.807) is 4.57 Å². The predicted octanol–water partition coefficient (Wildman–Crippen LogP) is 2.05. The first-order valence-corrected chi connectivity index (χ1v) is 11.3. The Hall–Kier alpha value is -2.30. The van der Waals surface area contributed by atoms with Crippen LogP contribution in [-0.2, 0) is 10.2 Å². The Morgan fingerprint density at radius 1 is 1.12 bits per heavy atom. The predicted molar refractivity (Wildman–Crippen MR) is 117 cm³/mol. The number of rotatable bonds is 3. The molecule has 4 atom stereocenters. The van der Waals surface area contributed by atoms with Crippen LogP contribution in [0.3, 0.4) is 0 Å². The molecule has 9 nitrogen and oxygen atoms in total. The number of aliphatic hydroxyl groups is 3. The van der Waals surface area contributed by atoms with Crippen LogP contribution in [0.5, 0.6) is 0 Å². The van der Waals surface area contributed by atoms with Gasteiger partial charge >= 0.3 is 0 Å². The first-order valence-electron chi connectivity index (χ1n) is 10.9. The summed E-state index contributed by atoms with van der Waals surface area (Å²) in [7, 11) is 0. The molecule has 0 amide bonds. The van der Waals surface area contributed by atoms with Gasteiger partial charge in [-0.05, 0) is 36.1 Å². The number of nitrogens with zero attached hydrogens (tertiary/aromatic N) is 5. The van der Waals surface area contributed by atoms with Gasteiger partial charge in [0.05, 0.1) is 12.9 Å². The molecular formula is C22H24ClN5O4. The molecule has 1 aromatic carbocycles. The van der Waals surface area contributed by atoms with Crippen molar-refractivity contribution in [3.63, 3.8) is 0 Å². The molecule has 1 saturated carbocycles. The van der Waals surface area contributed by atoms with Gasteiger partial charge in [0.1, 0.15) is 18.3 Å². The first kappa shape index (κ1) is 20.3. The van der Waals surface area contributed by atoms with E-state index in [0.717, 1.165) is 25.1 Å². The van der Waals surface area contributed by atoms with Crippen LogP contribution in [0.1, 0.15) is 37.5 Å². The van der Waals surface area contributed by atoms with Gasteiger partial charge in [0.25, 0.3) is 0 Å². The number of aliphatic hydroxyl groups excluding tert-OH is 3. The summed E-state index contributed by atoms with van der Waals surface area (Å²) in [6.45, 7) is 0.393. The van der Waals surface area contributed by atoms with Crippen LogP contribution in [0.25, 0.3) is 11.2 Å². The van der Waals surface area contributed by atoms with Crippen LogP contribution in [-0.4, -0.2) is 66.3 Å². The van der Waals surface area contributed by atoms with Gasteiger partial charge in [0.2, 0.25) is 5.28 Å². The Labute approximate surface area is 189 Å². The molecule has 0 bridgehead atoms. The van der Waals surface area contributed by atoms with Crippen LogP contribution in [0.15, 0.2) is 30.6 Å². The van der Waals surface area contributed by atoms with E-state index < -0.39 is 31.1 Å². The smallest absolute Gasteiger partial charge is 0.226 e. The molecule has 10 heteroatoms. The van der Waals surface area contributed by atoms with Crippen molar-refractivity contribution in [3.8, 4) is 0 Å². The van der Waals surface area contributed by atoms with E-state index in [4.69, 9.17) is 16.3 Å². The van der Waals surface area contributed by atoms with Gasteiger partial charge in [0.15, 0.2) is 23.2 Å². The number of aromatic nitrogens is 4. The summed E-state index contributed by atoms with van der Waals surface area (Å²) in [6.07, 6.45) is 1.91. The van der Waals surface area contributed by atoms with Gasteiger partial charge in [-0.3, -0.25) is 4.57 Å². The summed E-state index contributed by atoms with van der Waals surface area (Å²) in [5.41, 5.74) is 3.49. The highest BCUT2D eigenvalue weighted by Crippen LogP contribution is 2.52. The molecule has 0 radical (unpaired) electrons. The Morgan fingerprint density at radius 3 is 2.66 bits per heavy atom. The number of imidazole rings is 1. The largest absolute Gasteiger partial charge is 0.394 e. The fourth-order valence-electron chi connectivity index (χ4n) is 5.66. The molecule has 1 saturated heterocycles. The molecule has 3 aromatic rings. The lowest BCUT2D eigenvalue weighted by atomic mass is 9.81. The Kier molecular flexibility index (Phi) is 4.67. The number of para-hydroxylation sites is 1. The lowest BCUT2D eigenvalue weighted by molar-refractivity contribution is -0.0511. The normalized spacial score (nSPS) is 28.8. The van der Waals surface area contributed by atoms with Gasteiger partial charge in [-0.1, -0.05) is 31.0 Å². The summed E-state index contributed by atoms with van der Waals surface area (Å²) >= 11 is 6.35. The van der Waals surface area contributed by atoms with E-state index in [2.05, 4.69) is 38.1 Å². The molecule has 1 spiro atoms. The van der Waals surface area contributed by atoms with Gasteiger partial charge in [-0.15, -0.1) is 0 Å². The van der Waals surface area contributed by atoms with E-state index in [9.17, 15) is 15.3 Å². The SMILES string of the molecule is OC[C@H]1O[C@@H](n2cnc3c(N4CC5(CCCC5)c5ccccc54)nc(Cl)nc32)C(O)C1O. The number of hydrogen-bond donors (Lipinski definition) is 3. The van der Waals surface area contributed by atoms with Gasteiger partial charge in [-0.25, -0.2) is 4.98 Å². The minimum atomic E-state index is -1.24. The average molecular weight is 458 g/mol. The molecule has 2 unspecified atom stereocenters. The van der Waals surface area contributed by atoms with Crippen molar-refractivity contribution in [2.24, 2.45) is 0 Å². The first-order chi connectivity index (χ1) is 15.5. The fraction of sp³-hybridized carbons (Fsp3) is 0.500. The maximum atomic E-state index is 10.5. The second-order valence-electron chi connectivity index (χ2n) is 8.96. The van der Waals surface area contributed by atoms with Crippen molar-refractivity contribution in [1.82, 2.24) is 19.5 Å². The molecule has 3 aliphatic rings. The molecule has 2 fully saturated rings. The summed E-state index contributed by atoms with van der Waals surface area (Å²) in [4.78, 5) is 15.6. The molecule has 168 valence electrons. The molecule has 1 aliphatic carbocycles. The Morgan fingerprint density at radius 2 is 1.91 bits per heavy atom. The standard InChI is InChI=1S/C22H24ClN5O4/c23-21-25-18(27-10-22(7-3-4-8-22)12-5-1-2-6-13(12)27)15-19(26-21)28(11-24-15)20-17(31)16(30)14(9-29)32-20/h1-2,5-6,11,14,16-17,20,29-31H,3-4,7-10H2/t14-,16?,17?,20-/m1/s1. The second kappa shape index (κ2) is 7.36. The second-order valence-corrected chi connectivity index (χ2v) is 9.30. The van der Waals surface area contributed by atoms with E-state index in [1.165, 1.54) is 24.7 Å². The van der Waals surface area contributed by atoms with E-state index >= 15 is 0 Å². The highest BCUT2D eigenvalue weighted by molar-refractivity contribution is 6.28. The quantitative estimate of drug-likeness (QED) is 0.512. The van der Waals surface area contributed by atoms with Gasteiger partial charge < -0.3 is 25.0 Å². The lowest BCUT2D eigenvalue weighted by Crippen LogP contribution is -2.33. The van der Waals surface area contributed by atoms with Crippen LogP contribution in [0, 0.1) is 0 Å². The summed E-state index contributed by atoms with van der Waals surface area (Å²) in [6, 6.07) is 8.42. The maximum Gasteiger partial charge on any atom is 0.226 e. The van der Waals surface area contributed by atoms with Crippen molar-refractivity contribution < 1.29 is 20.1 Å². The Bertz CT molecular complexity index is 1180. The number of benzene rings is 1. The maximum absolute atomic E-state index is 10.5. The zero-order valence-corrected chi connectivity index (χ0v) is 18.1. The summed E-state index contributed by atoms with van der Waals surface area (Å²) in [5, 5.41) is 30.2. The topological polar surface area (TPSA) is 117 Å². The molecule has 2 aromatic heterocycles. The third-order valence-electron chi connectivity index (χ3n) is 7.21. The highest BCUT2D eigenvalue weighted by atomic mass is 35.5. The minimum absolute atomic E-state index is 0.0610. The number of anilines is 2. The third kappa shape index (κ3) is 2.82. The van der Waals surface area contributed by atoms with Gasteiger partial charge in [0, 0.05) is 17.6 Å². The number of ether oxygens (including phenoxy) is 1. The minimum Gasteiger partial charge on any atom is -0.394 e. The lowest BCUT2D eigenvalue weighted by Gasteiger charge is -2.25. The van der Waals surface area contributed by atoms with Crippen molar-refractivity contribution in [1.29, 1.82) is 0 Å². The van der Waals surface area contributed by atoms with Crippen molar-refractivity contribution in [2.45, 2.75) is 55.6 Å². The summed E-state index contributed by atoms with van der Waals surface area (Å²) < 4.78 is 7.23. The molecule has 2 aliphatic heterocycles. The van der Waals surface area contributed by atoms with E-state index in [1.807, 2.05) is 6.07 Å². The third-order valence-corrected chi connectivity index (χ3v) is 7.38. The molecule has 6 rings (SSSR count). The van der Waals surface area contributed by atoms with Crippen LogP contribution in [0.4, 0.5) is 11.5 Å². The molecule has 32 heavy (non-hydrogen) atoms.